The second-order valence-corrected chi connectivity index (χ2v) is 4.29. The topological polar surface area (TPSA) is 25.2 Å². The molecule has 16 heavy (non-hydrogen) atoms. The minimum absolute atomic E-state index is 0.686. The Bertz CT molecular complexity index is 438. The molecule has 0 aliphatic carbocycles. The van der Waals surface area contributed by atoms with Gasteiger partial charge in [-0.05, 0) is 36.6 Å². The molecule has 0 spiro atoms. The van der Waals surface area contributed by atoms with Crippen LogP contribution in [0.3, 0.4) is 0 Å². The fraction of sp³-hybridized carbons (Fsp3) is 0.286. The van der Waals surface area contributed by atoms with E-state index in [4.69, 9.17) is 4.42 Å². The Labute approximate surface area is 95.3 Å². The third-order valence-corrected chi connectivity index (χ3v) is 3.25. The zero-order chi connectivity index (χ0) is 10.8. The van der Waals surface area contributed by atoms with Crippen molar-refractivity contribution < 1.29 is 4.42 Å². The molecule has 1 aromatic heterocycles. The summed E-state index contributed by atoms with van der Waals surface area (Å²) in [5.41, 5.74) is 2.58. The zero-order valence-electron chi connectivity index (χ0n) is 9.15. The second kappa shape index (κ2) is 4.14. The summed E-state index contributed by atoms with van der Waals surface area (Å²) in [5.74, 6) is 1.63. The molecule has 1 atom stereocenters. The highest BCUT2D eigenvalue weighted by molar-refractivity contribution is 5.57. The Morgan fingerprint density at radius 1 is 1.12 bits per heavy atom. The fourth-order valence-corrected chi connectivity index (χ4v) is 2.30. The maximum Gasteiger partial charge on any atom is 0.133 e. The van der Waals surface area contributed by atoms with Crippen molar-refractivity contribution >= 4 is 0 Å². The lowest BCUT2D eigenvalue weighted by Gasteiger charge is -2.08. The SMILES string of the molecule is c1coc(-c2ccc(C3CCNC3)cc2)c1. The van der Waals surface area contributed by atoms with Crippen LogP contribution in [0.15, 0.2) is 47.1 Å². The van der Waals surface area contributed by atoms with E-state index in [1.807, 2.05) is 12.1 Å². The van der Waals surface area contributed by atoms with Crippen LogP contribution >= 0.6 is 0 Å². The Kier molecular flexibility index (Phi) is 2.50. The zero-order valence-corrected chi connectivity index (χ0v) is 9.15. The predicted molar refractivity (Wildman–Crippen MR) is 64.4 cm³/mol. The summed E-state index contributed by atoms with van der Waals surface area (Å²) >= 11 is 0. The molecule has 0 amide bonds. The molecule has 82 valence electrons. The molecule has 0 bridgehead atoms. The number of hydrogen-bond donors (Lipinski definition) is 1. The largest absolute Gasteiger partial charge is 0.464 e. The maximum atomic E-state index is 5.37. The van der Waals surface area contributed by atoms with E-state index in [0.717, 1.165) is 24.4 Å². The van der Waals surface area contributed by atoms with Crippen molar-refractivity contribution in [2.75, 3.05) is 13.1 Å². The van der Waals surface area contributed by atoms with Gasteiger partial charge in [-0.1, -0.05) is 24.3 Å². The first-order valence-electron chi connectivity index (χ1n) is 5.78. The third-order valence-electron chi connectivity index (χ3n) is 3.25. The lowest BCUT2D eigenvalue weighted by Crippen LogP contribution is -2.07. The number of hydrogen-bond acceptors (Lipinski definition) is 2. The van der Waals surface area contributed by atoms with Crippen LogP contribution in [-0.4, -0.2) is 13.1 Å². The van der Waals surface area contributed by atoms with Crippen LogP contribution < -0.4 is 5.32 Å². The highest BCUT2D eigenvalue weighted by Crippen LogP contribution is 2.26. The number of rotatable bonds is 2. The summed E-state index contributed by atoms with van der Waals surface area (Å²) in [5, 5.41) is 3.39. The van der Waals surface area contributed by atoms with E-state index >= 15 is 0 Å². The highest BCUT2D eigenvalue weighted by Gasteiger charge is 2.16. The molecule has 3 rings (SSSR count). The fourth-order valence-electron chi connectivity index (χ4n) is 2.30. The van der Waals surface area contributed by atoms with Crippen LogP contribution in [0, 0.1) is 0 Å². The van der Waals surface area contributed by atoms with Gasteiger partial charge in [-0.15, -0.1) is 0 Å². The van der Waals surface area contributed by atoms with Gasteiger partial charge in [0, 0.05) is 12.1 Å². The van der Waals surface area contributed by atoms with Crippen LogP contribution in [0.1, 0.15) is 17.9 Å². The molecular formula is C14H15NO. The standard InChI is InChI=1S/C14H15NO/c1-2-14(16-9-1)12-5-3-11(4-6-12)13-7-8-15-10-13/h1-6,9,13,15H,7-8,10H2. The van der Waals surface area contributed by atoms with E-state index in [1.165, 1.54) is 12.0 Å². The first-order chi connectivity index (χ1) is 7.93. The third kappa shape index (κ3) is 1.76. The maximum absolute atomic E-state index is 5.37. The van der Waals surface area contributed by atoms with E-state index in [9.17, 15) is 0 Å². The van der Waals surface area contributed by atoms with Gasteiger partial charge in [-0.3, -0.25) is 0 Å². The normalized spacial score (nSPS) is 20.1. The van der Waals surface area contributed by atoms with Gasteiger partial charge in [-0.25, -0.2) is 0 Å². The second-order valence-electron chi connectivity index (χ2n) is 4.29. The van der Waals surface area contributed by atoms with E-state index in [2.05, 4.69) is 29.6 Å². The minimum Gasteiger partial charge on any atom is -0.464 e. The van der Waals surface area contributed by atoms with E-state index in [1.54, 1.807) is 6.26 Å². The molecule has 2 heterocycles. The van der Waals surface area contributed by atoms with E-state index < -0.39 is 0 Å². The lowest BCUT2D eigenvalue weighted by atomic mass is 9.97. The van der Waals surface area contributed by atoms with Gasteiger partial charge in [-0.2, -0.15) is 0 Å². The first-order valence-corrected chi connectivity index (χ1v) is 5.78. The van der Waals surface area contributed by atoms with E-state index in [0.29, 0.717) is 5.92 Å². The summed E-state index contributed by atoms with van der Waals surface area (Å²) in [7, 11) is 0. The Balaban J connectivity index is 1.84. The molecule has 2 heteroatoms. The van der Waals surface area contributed by atoms with Crippen LogP contribution in [0.25, 0.3) is 11.3 Å². The van der Waals surface area contributed by atoms with Gasteiger partial charge in [0.05, 0.1) is 6.26 Å². The van der Waals surface area contributed by atoms with Gasteiger partial charge in [0.15, 0.2) is 0 Å². The molecule has 1 aliphatic rings. The Morgan fingerprint density at radius 3 is 2.62 bits per heavy atom. The van der Waals surface area contributed by atoms with Crippen LogP contribution in [0.5, 0.6) is 0 Å². The molecule has 1 aliphatic heterocycles. The Morgan fingerprint density at radius 2 is 2.00 bits per heavy atom. The summed E-state index contributed by atoms with van der Waals surface area (Å²) in [4.78, 5) is 0. The van der Waals surface area contributed by atoms with Gasteiger partial charge >= 0.3 is 0 Å². The molecule has 2 aromatic rings. The monoisotopic (exact) mass is 213 g/mol. The number of benzene rings is 1. The molecular weight excluding hydrogens is 198 g/mol. The smallest absolute Gasteiger partial charge is 0.133 e. The number of furan rings is 1. The van der Waals surface area contributed by atoms with Gasteiger partial charge in [0.25, 0.3) is 0 Å². The summed E-state index contributed by atoms with van der Waals surface area (Å²) < 4.78 is 5.37. The van der Waals surface area contributed by atoms with Gasteiger partial charge < -0.3 is 9.73 Å². The average Bonchev–Trinajstić information content (AvgIpc) is 3.03. The molecule has 1 fully saturated rings. The highest BCUT2D eigenvalue weighted by atomic mass is 16.3. The van der Waals surface area contributed by atoms with Crippen LogP contribution in [0.2, 0.25) is 0 Å². The lowest BCUT2D eigenvalue weighted by molar-refractivity contribution is 0.582. The van der Waals surface area contributed by atoms with Crippen molar-refractivity contribution in [1.29, 1.82) is 0 Å². The van der Waals surface area contributed by atoms with Crippen molar-refractivity contribution in [3.8, 4) is 11.3 Å². The summed E-state index contributed by atoms with van der Waals surface area (Å²) in [6.07, 6.45) is 2.96. The Hall–Kier alpha value is -1.54. The molecule has 0 saturated carbocycles. The molecule has 0 radical (unpaired) electrons. The van der Waals surface area contributed by atoms with Gasteiger partial charge in [0.2, 0.25) is 0 Å². The van der Waals surface area contributed by atoms with Crippen molar-refractivity contribution in [1.82, 2.24) is 5.32 Å². The van der Waals surface area contributed by atoms with Crippen LogP contribution in [0.4, 0.5) is 0 Å². The average molecular weight is 213 g/mol. The van der Waals surface area contributed by atoms with E-state index in [-0.39, 0.29) is 0 Å². The summed E-state index contributed by atoms with van der Waals surface area (Å²) in [6, 6.07) is 12.6. The molecule has 1 unspecified atom stereocenters. The molecule has 1 saturated heterocycles. The number of nitrogens with one attached hydrogen (secondary N) is 1. The molecule has 2 nitrogen and oxygen atoms in total. The van der Waals surface area contributed by atoms with Crippen molar-refractivity contribution in [3.05, 3.63) is 48.2 Å². The van der Waals surface area contributed by atoms with Crippen molar-refractivity contribution in [2.24, 2.45) is 0 Å². The first kappa shape index (κ1) is 9.67. The minimum atomic E-state index is 0.686. The molecule has 1 N–H and O–H groups in total. The quantitative estimate of drug-likeness (QED) is 0.829. The van der Waals surface area contributed by atoms with Gasteiger partial charge in [0.1, 0.15) is 5.76 Å². The van der Waals surface area contributed by atoms with Crippen molar-refractivity contribution in [2.45, 2.75) is 12.3 Å². The molecule has 1 aromatic carbocycles. The predicted octanol–water partition coefficient (Wildman–Crippen LogP) is 3.02. The van der Waals surface area contributed by atoms with Crippen molar-refractivity contribution in [3.63, 3.8) is 0 Å². The van der Waals surface area contributed by atoms with Crippen LogP contribution in [-0.2, 0) is 0 Å². The summed E-state index contributed by atoms with van der Waals surface area (Å²) in [6.45, 7) is 2.25.